The van der Waals surface area contributed by atoms with Crippen LogP contribution in [0.5, 0.6) is 0 Å². The summed E-state index contributed by atoms with van der Waals surface area (Å²) in [4.78, 5) is 40.1. The molecule has 0 aliphatic heterocycles. The Kier molecular flexibility index (Phi) is 5.02. The fourth-order valence-electron chi connectivity index (χ4n) is 2.68. The van der Waals surface area contributed by atoms with Crippen molar-refractivity contribution < 1.29 is 14.3 Å². The Morgan fingerprint density at radius 2 is 1.96 bits per heavy atom. The third kappa shape index (κ3) is 3.71. The fourth-order valence-corrected chi connectivity index (χ4v) is 2.68. The van der Waals surface area contributed by atoms with Gasteiger partial charge in [-0.1, -0.05) is 24.3 Å². The Balaban J connectivity index is 2.00. The predicted molar refractivity (Wildman–Crippen MR) is 97.2 cm³/mol. The number of aromatic nitrogens is 4. The third-order valence-corrected chi connectivity index (χ3v) is 4.14. The van der Waals surface area contributed by atoms with E-state index in [4.69, 9.17) is 0 Å². The molecule has 0 aliphatic rings. The van der Waals surface area contributed by atoms with Crippen LogP contribution in [-0.2, 0) is 20.9 Å². The van der Waals surface area contributed by atoms with Crippen LogP contribution in [0.2, 0.25) is 0 Å². The van der Waals surface area contributed by atoms with Gasteiger partial charge >= 0.3 is 5.97 Å². The highest BCUT2D eigenvalue weighted by Crippen LogP contribution is 2.20. The highest BCUT2D eigenvalue weighted by atomic mass is 16.5. The first-order chi connectivity index (χ1) is 12.9. The highest BCUT2D eigenvalue weighted by molar-refractivity contribution is 5.82. The molecule has 1 N–H and O–H groups in total. The molecule has 3 rings (SSSR count). The van der Waals surface area contributed by atoms with Crippen LogP contribution >= 0.6 is 0 Å². The summed E-state index contributed by atoms with van der Waals surface area (Å²) in [6.45, 7) is 3.29. The summed E-state index contributed by atoms with van der Waals surface area (Å²) in [5.74, 6) is -0.296. The van der Waals surface area contributed by atoms with Gasteiger partial charge in [-0.05, 0) is 19.4 Å². The molecule has 1 amide bonds. The van der Waals surface area contributed by atoms with E-state index in [1.165, 1.54) is 17.7 Å². The number of hydrogen-bond acceptors (Lipinski definition) is 6. The van der Waals surface area contributed by atoms with Gasteiger partial charge in [-0.15, -0.1) is 5.10 Å². The van der Waals surface area contributed by atoms with E-state index in [0.29, 0.717) is 11.5 Å². The number of hydrogen-bond donors (Lipinski definition) is 1. The van der Waals surface area contributed by atoms with Gasteiger partial charge in [-0.3, -0.25) is 14.4 Å². The minimum Gasteiger partial charge on any atom is -0.468 e. The van der Waals surface area contributed by atoms with Crippen LogP contribution in [0.1, 0.15) is 11.3 Å². The van der Waals surface area contributed by atoms with Crippen LogP contribution in [0.25, 0.3) is 17.2 Å². The molecule has 2 aromatic heterocycles. The van der Waals surface area contributed by atoms with Crippen molar-refractivity contribution in [2.75, 3.05) is 13.7 Å². The molecule has 140 valence electrons. The number of methoxy groups -OCH3 is 1. The number of amides is 1. The van der Waals surface area contributed by atoms with Crippen molar-refractivity contribution in [3.8, 4) is 11.4 Å². The van der Waals surface area contributed by atoms with Crippen molar-refractivity contribution in [1.29, 1.82) is 0 Å². The van der Waals surface area contributed by atoms with E-state index in [2.05, 4.69) is 20.1 Å². The fraction of sp³-hybridized carbons (Fsp3) is 0.278. The van der Waals surface area contributed by atoms with E-state index < -0.39 is 11.9 Å². The van der Waals surface area contributed by atoms with Gasteiger partial charge in [0.05, 0.1) is 7.11 Å². The van der Waals surface area contributed by atoms with E-state index in [-0.39, 0.29) is 24.4 Å². The molecule has 2 heterocycles. The first-order valence-corrected chi connectivity index (χ1v) is 8.27. The molecule has 0 atom stereocenters. The summed E-state index contributed by atoms with van der Waals surface area (Å²) in [6, 6.07) is 8.96. The van der Waals surface area contributed by atoms with Crippen molar-refractivity contribution in [3.63, 3.8) is 0 Å². The number of nitrogens with one attached hydrogen (secondary N) is 1. The molecule has 0 fully saturated rings. The number of nitrogens with zero attached hydrogens (tertiary/aromatic N) is 4. The van der Waals surface area contributed by atoms with Crippen LogP contribution in [-0.4, -0.2) is 44.7 Å². The van der Waals surface area contributed by atoms with Crippen LogP contribution in [0.4, 0.5) is 0 Å². The molecule has 0 radical (unpaired) electrons. The third-order valence-electron chi connectivity index (χ3n) is 4.14. The predicted octanol–water partition coefficient (Wildman–Crippen LogP) is 0.464. The van der Waals surface area contributed by atoms with Gasteiger partial charge in [-0.25, -0.2) is 0 Å². The SMILES string of the molecule is COC(=O)CNC(=O)Cn1c(C)cc(=O)n2nc(-c3ccccc3C)nc12. The number of rotatable bonds is 5. The van der Waals surface area contributed by atoms with Crippen molar-refractivity contribution in [1.82, 2.24) is 24.5 Å². The molecule has 0 saturated carbocycles. The summed E-state index contributed by atoms with van der Waals surface area (Å²) in [5, 5.41) is 6.77. The molecule has 0 aliphatic carbocycles. The van der Waals surface area contributed by atoms with Crippen LogP contribution in [0, 0.1) is 13.8 Å². The summed E-state index contributed by atoms with van der Waals surface area (Å²) >= 11 is 0. The van der Waals surface area contributed by atoms with Gasteiger partial charge in [0, 0.05) is 17.3 Å². The molecule has 3 aromatic rings. The first-order valence-electron chi connectivity index (χ1n) is 8.27. The highest BCUT2D eigenvalue weighted by Gasteiger charge is 2.16. The molecule has 0 spiro atoms. The molecule has 9 heteroatoms. The normalized spacial score (nSPS) is 10.8. The quantitative estimate of drug-likeness (QED) is 0.655. The zero-order valence-corrected chi connectivity index (χ0v) is 15.2. The van der Waals surface area contributed by atoms with E-state index in [9.17, 15) is 14.4 Å². The summed E-state index contributed by atoms with van der Waals surface area (Å²) in [6.07, 6.45) is 0. The van der Waals surface area contributed by atoms with Gasteiger partial charge in [0.15, 0.2) is 5.82 Å². The Hall–Kier alpha value is -3.49. The first kappa shape index (κ1) is 18.3. The summed E-state index contributed by atoms with van der Waals surface area (Å²) in [5.41, 5.74) is 2.00. The zero-order valence-electron chi connectivity index (χ0n) is 15.2. The lowest BCUT2D eigenvalue weighted by atomic mass is 10.1. The van der Waals surface area contributed by atoms with Gasteiger partial charge in [0.1, 0.15) is 13.1 Å². The second-order valence-corrected chi connectivity index (χ2v) is 6.03. The van der Waals surface area contributed by atoms with Gasteiger partial charge in [0.25, 0.3) is 5.56 Å². The topological polar surface area (TPSA) is 108 Å². The average Bonchev–Trinajstić information content (AvgIpc) is 3.09. The number of carbonyl (C=O) groups is 2. The average molecular weight is 369 g/mol. The van der Waals surface area contributed by atoms with Gasteiger partial charge in [0.2, 0.25) is 11.7 Å². The minimum absolute atomic E-state index is 0.113. The smallest absolute Gasteiger partial charge is 0.325 e. The van der Waals surface area contributed by atoms with Crippen LogP contribution < -0.4 is 10.9 Å². The maximum absolute atomic E-state index is 12.3. The van der Waals surface area contributed by atoms with Crippen molar-refractivity contribution in [2.24, 2.45) is 0 Å². The van der Waals surface area contributed by atoms with Gasteiger partial charge < -0.3 is 14.6 Å². The Bertz CT molecular complexity index is 1080. The molecule has 0 bridgehead atoms. The number of carbonyl (C=O) groups excluding carboxylic acids is 2. The number of fused-ring (bicyclic) bond motifs is 1. The lowest BCUT2D eigenvalue weighted by Crippen LogP contribution is -2.34. The summed E-state index contributed by atoms with van der Waals surface area (Å²) in [7, 11) is 1.24. The molecule has 0 unspecified atom stereocenters. The van der Waals surface area contributed by atoms with E-state index in [1.54, 1.807) is 11.5 Å². The molecule has 1 aromatic carbocycles. The number of aryl methyl sites for hydroxylation is 2. The largest absolute Gasteiger partial charge is 0.468 e. The van der Waals surface area contributed by atoms with Crippen LogP contribution in [0.3, 0.4) is 0 Å². The lowest BCUT2D eigenvalue weighted by molar-refractivity contribution is -0.141. The lowest BCUT2D eigenvalue weighted by Gasteiger charge is -2.11. The number of esters is 1. The molecular weight excluding hydrogens is 350 g/mol. The second kappa shape index (κ2) is 7.40. The number of ether oxygens (including phenoxy) is 1. The Labute approximate surface area is 154 Å². The van der Waals surface area contributed by atoms with E-state index in [0.717, 1.165) is 11.1 Å². The van der Waals surface area contributed by atoms with Crippen molar-refractivity contribution in [3.05, 3.63) is 51.9 Å². The summed E-state index contributed by atoms with van der Waals surface area (Å²) < 4.78 is 7.24. The van der Waals surface area contributed by atoms with Crippen molar-refractivity contribution >= 4 is 17.7 Å². The number of benzene rings is 1. The van der Waals surface area contributed by atoms with Crippen molar-refractivity contribution in [2.45, 2.75) is 20.4 Å². The van der Waals surface area contributed by atoms with E-state index in [1.807, 2.05) is 31.2 Å². The van der Waals surface area contributed by atoms with Crippen LogP contribution in [0.15, 0.2) is 35.1 Å². The molecular formula is C18H19N5O4. The standard InChI is InChI=1S/C18H19N5O4/c1-11-6-4-5-7-13(11)17-20-18-22(10-14(24)19-9-16(26)27-3)12(2)8-15(25)23(18)21-17/h4-8H,9-10H2,1-3H3,(H,19,24). The maximum atomic E-state index is 12.3. The Morgan fingerprint density at radius 1 is 1.22 bits per heavy atom. The maximum Gasteiger partial charge on any atom is 0.325 e. The molecule has 0 saturated heterocycles. The monoisotopic (exact) mass is 369 g/mol. The zero-order chi connectivity index (χ0) is 19.6. The Morgan fingerprint density at radius 3 is 2.67 bits per heavy atom. The van der Waals surface area contributed by atoms with E-state index >= 15 is 0 Å². The minimum atomic E-state index is -0.547. The van der Waals surface area contributed by atoms with Gasteiger partial charge in [-0.2, -0.15) is 9.50 Å². The molecule has 9 nitrogen and oxygen atoms in total. The molecule has 27 heavy (non-hydrogen) atoms. The second-order valence-electron chi connectivity index (χ2n) is 6.03.